The van der Waals surface area contributed by atoms with E-state index in [1.165, 1.54) is 16.4 Å². The maximum atomic E-state index is 12.4. The van der Waals surface area contributed by atoms with Gasteiger partial charge in [-0.3, -0.25) is 14.3 Å². The molecule has 1 heterocycles. The topological polar surface area (TPSA) is 76.0 Å². The summed E-state index contributed by atoms with van der Waals surface area (Å²) in [5, 5.41) is 9.69. The lowest BCUT2D eigenvalue weighted by Crippen LogP contribution is -2.30. The fraction of sp³-hybridized carbons (Fsp3) is 0.389. The van der Waals surface area contributed by atoms with E-state index in [1.54, 1.807) is 19.2 Å². The zero-order chi connectivity index (χ0) is 17.7. The zero-order valence-electron chi connectivity index (χ0n) is 14.6. The average molecular weight is 328 g/mol. The van der Waals surface area contributed by atoms with Crippen LogP contribution in [-0.2, 0) is 13.5 Å². The van der Waals surface area contributed by atoms with Crippen LogP contribution in [0.15, 0.2) is 30.5 Å². The van der Waals surface area contributed by atoms with Crippen molar-refractivity contribution >= 4 is 17.5 Å². The number of nitrogens with zero attached hydrogens (tertiary/aromatic N) is 2. The molecule has 0 spiro atoms. The van der Waals surface area contributed by atoms with Gasteiger partial charge in [-0.1, -0.05) is 32.9 Å². The van der Waals surface area contributed by atoms with Crippen molar-refractivity contribution in [3.05, 3.63) is 47.3 Å². The van der Waals surface area contributed by atoms with Gasteiger partial charge in [0.2, 0.25) is 0 Å². The number of carbonyl (C=O) groups is 2. The van der Waals surface area contributed by atoms with Crippen molar-refractivity contribution in [2.45, 2.75) is 27.2 Å². The average Bonchev–Trinajstić information content (AvgIpc) is 2.93. The van der Waals surface area contributed by atoms with E-state index < -0.39 is 0 Å². The second-order valence-electron chi connectivity index (χ2n) is 6.14. The molecule has 0 aliphatic carbocycles. The molecular formula is C18H24N4O2. The van der Waals surface area contributed by atoms with Gasteiger partial charge in [-0.25, -0.2) is 0 Å². The van der Waals surface area contributed by atoms with Crippen LogP contribution < -0.4 is 10.6 Å². The monoisotopic (exact) mass is 328 g/mol. The van der Waals surface area contributed by atoms with Crippen LogP contribution in [0.5, 0.6) is 0 Å². The fourth-order valence-electron chi connectivity index (χ4n) is 2.27. The van der Waals surface area contributed by atoms with Crippen molar-refractivity contribution in [1.82, 2.24) is 15.1 Å². The molecule has 1 aromatic heterocycles. The summed E-state index contributed by atoms with van der Waals surface area (Å²) in [6, 6.07) is 7.41. The predicted octanol–water partition coefficient (Wildman–Crippen LogP) is 2.62. The molecule has 0 unspecified atom stereocenters. The van der Waals surface area contributed by atoms with Crippen LogP contribution in [0.2, 0.25) is 0 Å². The molecule has 0 saturated carbocycles. The normalized spacial score (nSPS) is 10.7. The number of hydrogen-bond acceptors (Lipinski definition) is 3. The van der Waals surface area contributed by atoms with Crippen molar-refractivity contribution in [2.75, 3.05) is 11.9 Å². The Morgan fingerprint density at radius 2 is 1.83 bits per heavy atom. The first-order valence-electron chi connectivity index (χ1n) is 8.12. The third kappa shape index (κ3) is 4.22. The lowest BCUT2D eigenvalue weighted by Gasteiger charge is -2.10. The van der Waals surface area contributed by atoms with Gasteiger partial charge >= 0.3 is 0 Å². The first kappa shape index (κ1) is 17.7. The molecule has 0 atom stereocenters. The summed E-state index contributed by atoms with van der Waals surface area (Å²) < 4.78 is 1.46. The summed E-state index contributed by atoms with van der Waals surface area (Å²) in [5.74, 6) is -0.166. The number of aromatic nitrogens is 2. The number of nitrogens with one attached hydrogen (secondary N) is 2. The second-order valence-corrected chi connectivity index (χ2v) is 6.14. The summed E-state index contributed by atoms with van der Waals surface area (Å²) in [6.45, 7) is 6.67. The van der Waals surface area contributed by atoms with Crippen LogP contribution in [0, 0.1) is 5.92 Å². The van der Waals surface area contributed by atoms with Crippen LogP contribution in [-0.4, -0.2) is 28.1 Å². The molecule has 2 amide bonds. The van der Waals surface area contributed by atoms with Gasteiger partial charge in [-0.2, -0.15) is 5.10 Å². The van der Waals surface area contributed by atoms with Crippen LogP contribution in [0.25, 0.3) is 0 Å². The lowest BCUT2D eigenvalue weighted by molar-refractivity contribution is 0.0940. The number of carbonyl (C=O) groups excluding carboxylic acids is 2. The molecule has 0 radical (unpaired) electrons. The van der Waals surface area contributed by atoms with E-state index in [9.17, 15) is 9.59 Å². The third-order valence-electron chi connectivity index (χ3n) is 3.70. The van der Waals surface area contributed by atoms with E-state index in [0.717, 1.165) is 6.42 Å². The molecule has 2 N–H and O–H groups in total. The SMILES string of the molecule is CCc1ccc(C(=O)Nc2cnn(C)c2C(=O)NCC(C)C)cc1. The molecule has 0 fully saturated rings. The number of amides is 2. The van der Waals surface area contributed by atoms with Crippen molar-refractivity contribution in [3.8, 4) is 0 Å². The van der Waals surface area contributed by atoms with Crippen molar-refractivity contribution in [3.63, 3.8) is 0 Å². The predicted molar refractivity (Wildman–Crippen MR) is 94.2 cm³/mol. The number of hydrogen-bond donors (Lipinski definition) is 2. The molecular weight excluding hydrogens is 304 g/mol. The summed E-state index contributed by atoms with van der Waals surface area (Å²) >= 11 is 0. The van der Waals surface area contributed by atoms with Crippen LogP contribution in [0.1, 0.15) is 47.2 Å². The lowest BCUT2D eigenvalue weighted by atomic mass is 10.1. The minimum Gasteiger partial charge on any atom is -0.350 e. The zero-order valence-corrected chi connectivity index (χ0v) is 14.6. The van der Waals surface area contributed by atoms with Gasteiger partial charge in [-0.15, -0.1) is 0 Å². The van der Waals surface area contributed by atoms with Gasteiger partial charge in [-0.05, 0) is 30.0 Å². The second kappa shape index (κ2) is 7.77. The Morgan fingerprint density at radius 3 is 2.42 bits per heavy atom. The Bertz CT molecular complexity index is 717. The van der Waals surface area contributed by atoms with Gasteiger partial charge in [0, 0.05) is 19.2 Å². The van der Waals surface area contributed by atoms with Crippen molar-refractivity contribution < 1.29 is 9.59 Å². The first-order chi connectivity index (χ1) is 11.4. The highest BCUT2D eigenvalue weighted by Crippen LogP contribution is 2.16. The Labute approximate surface area is 142 Å². The van der Waals surface area contributed by atoms with E-state index in [1.807, 2.05) is 26.0 Å². The van der Waals surface area contributed by atoms with Crippen LogP contribution >= 0.6 is 0 Å². The quantitative estimate of drug-likeness (QED) is 0.856. The van der Waals surface area contributed by atoms with Crippen LogP contribution in [0.3, 0.4) is 0 Å². The Balaban J connectivity index is 2.14. The molecule has 6 heteroatoms. The Hall–Kier alpha value is -2.63. The molecule has 6 nitrogen and oxygen atoms in total. The van der Waals surface area contributed by atoms with E-state index in [0.29, 0.717) is 29.4 Å². The minimum absolute atomic E-state index is 0.250. The summed E-state index contributed by atoms with van der Waals surface area (Å²) in [7, 11) is 1.68. The van der Waals surface area contributed by atoms with Gasteiger partial charge in [0.15, 0.2) is 0 Å². The van der Waals surface area contributed by atoms with Crippen molar-refractivity contribution in [1.29, 1.82) is 0 Å². The van der Waals surface area contributed by atoms with E-state index in [-0.39, 0.29) is 11.8 Å². The maximum Gasteiger partial charge on any atom is 0.271 e. The highest BCUT2D eigenvalue weighted by Gasteiger charge is 2.19. The van der Waals surface area contributed by atoms with Gasteiger partial charge < -0.3 is 10.6 Å². The summed E-state index contributed by atoms with van der Waals surface area (Å²) in [4.78, 5) is 24.7. The fourth-order valence-corrected chi connectivity index (χ4v) is 2.27. The summed E-state index contributed by atoms with van der Waals surface area (Å²) in [6.07, 6.45) is 2.41. The smallest absolute Gasteiger partial charge is 0.271 e. The molecule has 1 aromatic carbocycles. The maximum absolute atomic E-state index is 12.4. The molecule has 2 rings (SSSR count). The molecule has 24 heavy (non-hydrogen) atoms. The standard InChI is InChI=1S/C18H24N4O2/c1-5-13-6-8-14(9-7-13)17(23)21-15-11-20-22(4)16(15)18(24)19-10-12(2)3/h6-9,11-12H,5,10H2,1-4H3,(H,19,24)(H,21,23). The Kier molecular flexibility index (Phi) is 5.73. The third-order valence-corrected chi connectivity index (χ3v) is 3.70. The van der Waals surface area contributed by atoms with E-state index in [4.69, 9.17) is 0 Å². The highest BCUT2D eigenvalue weighted by molar-refractivity contribution is 6.08. The molecule has 0 saturated heterocycles. The van der Waals surface area contributed by atoms with Gasteiger partial charge in [0.1, 0.15) is 5.69 Å². The summed E-state index contributed by atoms with van der Waals surface area (Å²) in [5.41, 5.74) is 2.46. The van der Waals surface area contributed by atoms with E-state index >= 15 is 0 Å². The number of benzene rings is 1. The van der Waals surface area contributed by atoms with Crippen molar-refractivity contribution in [2.24, 2.45) is 13.0 Å². The molecule has 0 aliphatic rings. The Morgan fingerprint density at radius 1 is 1.17 bits per heavy atom. The first-order valence-corrected chi connectivity index (χ1v) is 8.12. The number of anilines is 1. The minimum atomic E-state index is -0.261. The number of aryl methyl sites for hydroxylation is 2. The van der Waals surface area contributed by atoms with E-state index in [2.05, 4.69) is 22.7 Å². The van der Waals surface area contributed by atoms with Gasteiger partial charge in [0.25, 0.3) is 11.8 Å². The largest absolute Gasteiger partial charge is 0.350 e. The number of rotatable bonds is 6. The molecule has 128 valence electrons. The molecule has 0 bridgehead atoms. The molecule has 0 aliphatic heterocycles. The molecule has 2 aromatic rings. The highest BCUT2D eigenvalue weighted by atomic mass is 16.2. The van der Waals surface area contributed by atoms with Gasteiger partial charge in [0.05, 0.1) is 11.9 Å². The van der Waals surface area contributed by atoms with Crippen LogP contribution in [0.4, 0.5) is 5.69 Å².